The molecule has 0 aliphatic carbocycles. The number of rotatable bonds is 4. The van der Waals surface area contributed by atoms with Crippen molar-refractivity contribution in [3.05, 3.63) is 29.8 Å². The van der Waals surface area contributed by atoms with Crippen molar-refractivity contribution < 1.29 is 9.63 Å². The maximum Gasteiger partial charge on any atom is 0.253 e. The van der Waals surface area contributed by atoms with Gasteiger partial charge in [-0.1, -0.05) is 18.2 Å². The van der Waals surface area contributed by atoms with Crippen LogP contribution >= 0.6 is 0 Å². The van der Waals surface area contributed by atoms with Gasteiger partial charge >= 0.3 is 0 Å². The van der Waals surface area contributed by atoms with Gasteiger partial charge in [0, 0.05) is 0 Å². The summed E-state index contributed by atoms with van der Waals surface area (Å²) in [5.74, 6) is 0.0280. The van der Waals surface area contributed by atoms with Gasteiger partial charge in [-0.2, -0.15) is 5.06 Å². The Morgan fingerprint density at radius 1 is 1.38 bits per heavy atom. The molecule has 2 N–H and O–H groups in total. The lowest BCUT2D eigenvalue weighted by atomic mass is 10.1. The first-order valence-electron chi connectivity index (χ1n) is 5.57. The molecule has 1 heterocycles. The fourth-order valence-electron chi connectivity index (χ4n) is 1.81. The van der Waals surface area contributed by atoms with E-state index in [4.69, 9.17) is 10.6 Å². The summed E-state index contributed by atoms with van der Waals surface area (Å²) in [4.78, 5) is 16.9. The highest BCUT2D eigenvalue weighted by Gasteiger charge is 2.24. The number of hydrogen-bond acceptors (Lipinski definition) is 3. The van der Waals surface area contributed by atoms with Gasteiger partial charge in [0.25, 0.3) is 5.91 Å². The van der Waals surface area contributed by atoms with E-state index in [0.717, 1.165) is 24.1 Å². The number of hydrogen-bond donors (Lipinski definition) is 1. The first-order chi connectivity index (χ1) is 7.83. The van der Waals surface area contributed by atoms with E-state index in [9.17, 15) is 4.79 Å². The third-order valence-electron chi connectivity index (χ3n) is 2.62. The first kappa shape index (κ1) is 11.1. The van der Waals surface area contributed by atoms with E-state index in [1.807, 2.05) is 24.3 Å². The molecule has 0 atom stereocenters. The minimum atomic E-state index is 0.0280. The van der Waals surface area contributed by atoms with Gasteiger partial charge in [0.1, 0.15) is 0 Å². The number of anilines is 1. The normalized spacial score (nSPS) is 15.8. The minimum Gasteiger partial charge on any atom is -0.330 e. The maximum absolute atomic E-state index is 11.6. The number of amides is 1. The van der Waals surface area contributed by atoms with Crippen LogP contribution in [0.25, 0.3) is 0 Å². The van der Waals surface area contributed by atoms with E-state index in [1.54, 1.807) is 0 Å². The van der Waals surface area contributed by atoms with Gasteiger partial charge < -0.3 is 5.73 Å². The van der Waals surface area contributed by atoms with Crippen molar-refractivity contribution in [1.29, 1.82) is 0 Å². The Labute approximate surface area is 94.9 Å². The summed E-state index contributed by atoms with van der Waals surface area (Å²) in [6, 6.07) is 7.81. The lowest BCUT2D eigenvalue weighted by Gasteiger charge is -2.17. The summed E-state index contributed by atoms with van der Waals surface area (Å²) < 4.78 is 0. The summed E-state index contributed by atoms with van der Waals surface area (Å²) >= 11 is 0. The summed E-state index contributed by atoms with van der Waals surface area (Å²) in [6.45, 7) is 1.13. The second-order valence-corrected chi connectivity index (χ2v) is 3.79. The van der Waals surface area contributed by atoms with Crippen LogP contribution in [0.2, 0.25) is 0 Å². The Kier molecular flexibility index (Phi) is 3.54. The van der Waals surface area contributed by atoms with Crippen molar-refractivity contribution in [2.24, 2.45) is 5.73 Å². The molecule has 1 aromatic rings. The molecule has 86 valence electrons. The van der Waals surface area contributed by atoms with E-state index in [0.29, 0.717) is 19.6 Å². The minimum absolute atomic E-state index is 0.0280. The standard InChI is InChI=1S/C12H16N2O2/c13-8-3-5-10-4-1-2-6-11(10)14-12(15)7-9-16-14/h1-2,4,6H,3,5,7-9,13H2. The molecule has 16 heavy (non-hydrogen) atoms. The zero-order chi connectivity index (χ0) is 11.4. The molecule has 0 aromatic heterocycles. The summed E-state index contributed by atoms with van der Waals surface area (Å²) in [5.41, 5.74) is 7.47. The predicted octanol–water partition coefficient (Wildman–Crippen LogP) is 1.25. The number of carbonyl (C=O) groups is 1. The van der Waals surface area contributed by atoms with Crippen LogP contribution < -0.4 is 10.8 Å². The van der Waals surface area contributed by atoms with Gasteiger partial charge in [0.15, 0.2) is 0 Å². The highest BCUT2D eigenvalue weighted by Crippen LogP contribution is 2.25. The van der Waals surface area contributed by atoms with Gasteiger partial charge in [0.05, 0.1) is 18.7 Å². The molecular formula is C12H16N2O2. The highest BCUT2D eigenvalue weighted by molar-refractivity contribution is 5.93. The molecule has 4 heteroatoms. The van der Waals surface area contributed by atoms with Crippen molar-refractivity contribution in [3.8, 4) is 0 Å². The quantitative estimate of drug-likeness (QED) is 0.830. The number of benzene rings is 1. The summed E-state index contributed by atoms with van der Waals surface area (Å²) in [5, 5.41) is 1.41. The van der Waals surface area contributed by atoms with E-state index >= 15 is 0 Å². The smallest absolute Gasteiger partial charge is 0.253 e. The number of nitrogens with two attached hydrogens (primary N) is 1. The molecule has 1 saturated heterocycles. The second-order valence-electron chi connectivity index (χ2n) is 3.79. The van der Waals surface area contributed by atoms with Gasteiger partial charge in [-0.15, -0.1) is 0 Å². The van der Waals surface area contributed by atoms with Crippen molar-refractivity contribution in [3.63, 3.8) is 0 Å². The summed E-state index contributed by atoms with van der Waals surface area (Å²) in [7, 11) is 0. The SMILES string of the molecule is NCCCc1ccccc1N1OCCC1=O. The molecular weight excluding hydrogens is 204 g/mol. The monoisotopic (exact) mass is 220 g/mol. The zero-order valence-electron chi connectivity index (χ0n) is 9.19. The average molecular weight is 220 g/mol. The van der Waals surface area contributed by atoms with E-state index in [2.05, 4.69) is 0 Å². The average Bonchev–Trinajstić information content (AvgIpc) is 2.73. The van der Waals surface area contributed by atoms with Crippen LogP contribution in [0.5, 0.6) is 0 Å². The third-order valence-corrected chi connectivity index (χ3v) is 2.62. The number of carbonyl (C=O) groups excluding carboxylic acids is 1. The van der Waals surface area contributed by atoms with E-state index < -0.39 is 0 Å². The van der Waals surface area contributed by atoms with E-state index in [1.165, 1.54) is 5.06 Å². The van der Waals surface area contributed by atoms with Crippen LogP contribution in [-0.2, 0) is 16.1 Å². The Bertz CT molecular complexity index is 379. The zero-order valence-corrected chi connectivity index (χ0v) is 9.19. The van der Waals surface area contributed by atoms with Crippen LogP contribution in [0, 0.1) is 0 Å². The summed E-state index contributed by atoms with van der Waals surface area (Å²) in [6.07, 6.45) is 2.25. The largest absolute Gasteiger partial charge is 0.330 e. The lowest BCUT2D eigenvalue weighted by molar-refractivity contribution is -0.119. The van der Waals surface area contributed by atoms with Crippen LogP contribution in [0.3, 0.4) is 0 Å². The van der Waals surface area contributed by atoms with Gasteiger partial charge in [-0.3, -0.25) is 9.63 Å². The Morgan fingerprint density at radius 3 is 2.88 bits per heavy atom. The Hall–Kier alpha value is -1.39. The van der Waals surface area contributed by atoms with Crippen molar-refractivity contribution in [1.82, 2.24) is 0 Å². The van der Waals surface area contributed by atoms with Crippen LogP contribution in [0.1, 0.15) is 18.4 Å². The Balaban J connectivity index is 2.21. The molecule has 0 saturated carbocycles. The number of nitrogens with zero attached hydrogens (tertiary/aromatic N) is 1. The fraction of sp³-hybridized carbons (Fsp3) is 0.417. The molecule has 0 unspecified atom stereocenters. The van der Waals surface area contributed by atoms with Gasteiger partial charge in [-0.25, -0.2) is 0 Å². The molecule has 1 amide bonds. The first-order valence-corrected chi connectivity index (χ1v) is 5.57. The second kappa shape index (κ2) is 5.09. The van der Waals surface area contributed by atoms with Gasteiger partial charge in [-0.05, 0) is 31.0 Å². The van der Waals surface area contributed by atoms with Gasteiger partial charge in [0.2, 0.25) is 0 Å². The molecule has 1 aromatic carbocycles. The number of hydroxylamine groups is 1. The van der Waals surface area contributed by atoms with Crippen molar-refractivity contribution in [2.75, 3.05) is 18.2 Å². The van der Waals surface area contributed by atoms with E-state index in [-0.39, 0.29) is 5.91 Å². The highest BCUT2D eigenvalue weighted by atomic mass is 16.7. The maximum atomic E-state index is 11.6. The Morgan fingerprint density at radius 2 is 2.19 bits per heavy atom. The molecule has 2 rings (SSSR count). The molecule has 0 radical (unpaired) electrons. The molecule has 1 fully saturated rings. The van der Waals surface area contributed by atoms with Crippen molar-refractivity contribution in [2.45, 2.75) is 19.3 Å². The van der Waals surface area contributed by atoms with Crippen LogP contribution in [0.15, 0.2) is 24.3 Å². The third kappa shape index (κ3) is 2.23. The predicted molar refractivity (Wildman–Crippen MR) is 61.9 cm³/mol. The number of aryl methyl sites for hydroxylation is 1. The molecule has 4 nitrogen and oxygen atoms in total. The van der Waals surface area contributed by atoms with Crippen molar-refractivity contribution >= 4 is 11.6 Å². The lowest BCUT2D eigenvalue weighted by Crippen LogP contribution is -2.23. The molecule has 1 aliphatic rings. The fourth-order valence-corrected chi connectivity index (χ4v) is 1.81. The number of para-hydroxylation sites is 1. The molecule has 0 spiro atoms. The molecule has 0 bridgehead atoms. The topological polar surface area (TPSA) is 55.6 Å². The van der Waals surface area contributed by atoms with Crippen LogP contribution in [0.4, 0.5) is 5.69 Å². The molecule has 1 aliphatic heterocycles. The van der Waals surface area contributed by atoms with Crippen LogP contribution in [-0.4, -0.2) is 19.1 Å².